The molecule has 4 rings (SSSR count). The molecule has 27 heavy (non-hydrogen) atoms. The van der Waals surface area contributed by atoms with E-state index in [2.05, 4.69) is 25.3 Å². The third-order valence-corrected chi connectivity index (χ3v) is 5.73. The quantitative estimate of drug-likeness (QED) is 0.683. The van der Waals surface area contributed by atoms with Gasteiger partial charge in [-0.25, -0.2) is 4.98 Å². The van der Waals surface area contributed by atoms with Crippen molar-refractivity contribution in [2.45, 2.75) is 19.1 Å². The molecule has 0 amide bonds. The number of piperazine rings is 1. The molecule has 1 unspecified atom stereocenters. The van der Waals surface area contributed by atoms with Gasteiger partial charge in [-0.3, -0.25) is 4.90 Å². The smallest absolute Gasteiger partial charge is 0.333 e. The van der Waals surface area contributed by atoms with Crippen LogP contribution in [0.4, 0.5) is 13.2 Å². The second-order valence-corrected chi connectivity index (χ2v) is 7.26. The van der Waals surface area contributed by atoms with Crippen LogP contribution in [0.15, 0.2) is 16.7 Å². The molecule has 1 fully saturated rings. The summed E-state index contributed by atoms with van der Waals surface area (Å²) in [6.07, 6.45) is -4.47. The Labute approximate surface area is 163 Å². The summed E-state index contributed by atoms with van der Waals surface area (Å²) in [5.41, 5.74) is -0.115. The van der Waals surface area contributed by atoms with Gasteiger partial charge in [-0.15, -0.1) is 23.7 Å². The first-order valence-electron chi connectivity index (χ1n) is 8.07. The highest BCUT2D eigenvalue weighted by atomic mass is 35.5. The van der Waals surface area contributed by atoms with Gasteiger partial charge >= 0.3 is 6.18 Å². The van der Waals surface area contributed by atoms with E-state index in [0.717, 1.165) is 42.6 Å². The zero-order valence-corrected chi connectivity index (χ0v) is 16.1. The summed E-state index contributed by atoms with van der Waals surface area (Å²) in [5, 5.41) is 8.02. The molecular formula is C16H17ClF3N5OS. The van der Waals surface area contributed by atoms with Crippen molar-refractivity contribution in [3.8, 4) is 10.8 Å². The summed E-state index contributed by atoms with van der Waals surface area (Å²) in [5.74, 6) is 0.878. The Balaban J connectivity index is 0.00000210. The molecule has 0 saturated carbocycles. The molecule has 4 heterocycles. The van der Waals surface area contributed by atoms with Gasteiger partial charge in [0.25, 0.3) is 5.89 Å². The van der Waals surface area contributed by atoms with E-state index in [9.17, 15) is 13.2 Å². The zero-order valence-electron chi connectivity index (χ0n) is 14.5. The fraction of sp³-hybridized carbons (Fsp3) is 0.438. The van der Waals surface area contributed by atoms with Gasteiger partial charge in [0.15, 0.2) is 5.82 Å². The molecule has 0 aromatic carbocycles. The normalized spacial score (nSPS) is 18.6. The van der Waals surface area contributed by atoms with Crippen molar-refractivity contribution in [1.82, 2.24) is 25.3 Å². The van der Waals surface area contributed by atoms with Crippen LogP contribution in [-0.2, 0) is 6.18 Å². The number of fused-ring (bicyclic) bond motifs is 1. The maximum Gasteiger partial charge on any atom is 0.433 e. The summed E-state index contributed by atoms with van der Waals surface area (Å²) >= 11 is 1.13. The molecule has 1 aliphatic heterocycles. The first-order chi connectivity index (χ1) is 12.3. The van der Waals surface area contributed by atoms with Crippen molar-refractivity contribution < 1.29 is 17.7 Å². The number of aryl methyl sites for hydroxylation is 1. The van der Waals surface area contributed by atoms with Gasteiger partial charge in [0.1, 0.15) is 10.5 Å². The van der Waals surface area contributed by atoms with E-state index < -0.39 is 11.9 Å². The lowest BCUT2D eigenvalue weighted by molar-refractivity contribution is -0.140. The fourth-order valence-corrected chi connectivity index (χ4v) is 4.12. The van der Waals surface area contributed by atoms with Crippen molar-refractivity contribution in [1.29, 1.82) is 0 Å². The van der Waals surface area contributed by atoms with Gasteiger partial charge < -0.3 is 9.84 Å². The predicted molar refractivity (Wildman–Crippen MR) is 98.1 cm³/mol. The van der Waals surface area contributed by atoms with E-state index in [1.54, 1.807) is 0 Å². The van der Waals surface area contributed by atoms with Crippen LogP contribution in [0, 0.1) is 6.92 Å². The van der Waals surface area contributed by atoms with Crippen LogP contribution in [-0.4, -0.2) is 46.7 Å². The second-order valence-electron chi connectivity index (χ2n) is 6.26. The molecule has 3 aromatic heterocycles. The number of hydrogen-bond donors (Lipinski definition) is 1. The summed E-state index contributed by atoms with van der Waals surface area (Å²) in [4.78, 5) is 11.3. The number of thiophene rings is 1. The van der Waals surface area contributed by atoms with E-state index in [4.69, 9.17) is 4.52 Å². The van der Waals surface area contributed by atoms with Crippen LogP contribution in [0.1, 0.15) is 23.1 Å². The minimum Gasteiger partial charge on any atom is -0.333 e. The molecule has 1 N–H and O–H groups in total. The number of hydrogen-bond acceptors (Lipinski definition) is 7. The molecule has 0 spiro atoms. The van der Waals surface area contributed by atoms with Gasteiger partial charge in [0, 0.05) is 25.0 Å². The maximum absolute atomic E-state index is 12.9. The topological polar surface area (TPSA) is 67.1 Å². The van der Waals surface area contributed by atoms with Crippen molar-refractivity contribution in [2.24, 2.45) is 0 Å². The van der Waals surface area contributed by atoms with Crippen LogP contribution in [0.25, 0.3) is 21.0 Å². The first kappa shape index (κ1) is 20.0. The SMILES string of the molecule is Cc1c(-c2nc(C3CNCCN3C)no2)sc2nc(C(F)(F)F)ccc12.Cl. The van der Waals surface area contributed by atoms with E-state index in [1.165, 1.54) is 6.07 Å². The third-order valence-electron chi connectivity index (χ3n) is 4.54. The summed E-state index contributed by atoms with van der Waals surface area (Å²) in [6, 6.07) is 2.44. The molecule has 6 nitrogen and oxygen atoms in total. The Morgan fingerprint density at radius 2 is 2.07 bits per heavy atom. The van der Waals surface area contributed by atoms with Crippen molar-refractivity contribution in [2.75, 3.05) is 26.7 Å². The van der Waals surface area contributed by atoms with Crippen LogP contribution in [0.3, 0.4) is 0 Å². The van der Waals surface area contributed by atoms with Gasteiger partial charge in [-0.1, -0.05) is 5.16 Å². The zero-order chi connectivity index (χ0) is 18.5. The molecule has 0 radical (unpaired) electrons. The van der Waals surface area contributed by atoms with Crippen LogP contribution >= 0.6 is 23.7 Å². The monoisotopic (exact) mass is 419 g/mol. The number of pyridine rings is 1. The Morgan fingerprint density at radius 3 is 2.78 bits per heavy atom. The Kier molecular flexibility index (Phi) is 5.44. The average Bonchev–Trinajstić information content (AvgIpc) is 3.19. The number of alkyl halides is 3. The molecule has 0 bridgehead atoms. The van der Waals surface area contributed by atoms with Crippen molar-refractivity contribution in [3.05, 3.63) is 29.2 Å². The minimum absolute atomic E-state index is 0. The van der Waals surface area contributed by atoms with E-state index in [0.29, 0.717) is 26.8 Å². The number of aromatic nitrogens is 3. The standard InChI is InChI=1S/C16H16F3N5OS.ClH/c1-8-9-3-4-11(16(17,18)19)21-15(9)26-12(8)14-22-13(23-25-14)10-7-20-5-6-24(10)2;/h3-4,10,20H,5-7H2,1-2H3;1H. The largest absolute Gasteiger partial charge is 0.433 e. The highest BCUT2D eigenvalue weighted by Gasteiger charge is 2.33. The van der Waals surface area contributed by atoms with Gasteiger partial charge in [0.05, 0.1) is 10.9 Å². The lowest BCUT2D eigenvalue weighted by Gasteiger charge is -2.30. The third kappa shape index (κ3) is 3.66. The van der Waals surface area contributed by atoms with Gasteiger partial charge in [0.2, 0.25) is 0 Å². The maximum atomic E-state index is 12.9. The Hall–Kier alpha value is -1.75. The van der Waals surface area contributed by atoms with Gasteiger partial charge in [-0.05, 0) is 31.7 Å². The Morgan fingerprint density at radius 1 is 1.30 bits per heavy atom. The average molecular weight is 420 g/mol. The molecular weight excluding hydrogens is 403 g/mol. The molecule has 3 aromatic rings. The lowest BCUT2D eigenvalue weighted by Crippen LogP contribution is -2.44. The molecule has 1 saturated heterocycles. The summed E-state index contributed by atoms with van der Waals surface area (Å²) in [6.45, 7) is 4.32. The molecule has 0 aliphatic carbocycles. The lowest BCUT2D eigenvalue weighted by atomic mass is 10.2. The number of rotatable bonds is 2. The van der Waals surface area contributed by atoms with Crippen molar-refractivity contribution in [3.63, 3.8) is 0 Å². The number of nitrogens with one attached hydrogen (secondary N) is 1. The molecule has 146 valence electrons. The molecule has 11 heteroatoms. The fourth-order valence-electron chi connectivity index (χ4n) is 3.02. The highest BCUT2D eigenvalue weighted by Crippen LogP contribution is 2.38. The molecule has 1 atom stereocenters. The van der Waals surface area contributed by atoms with Gasteiger partial charge in [-0.2, -0.15) is 18.2 Å². The number of likely N-dealkylation sites (N-methyl/N-ethyl adjacent to an activating group) is 1. The van der Waals surface area contributed by atoms with E-state index in [1.807, 2.05) is 14.0 Å². The summed E-state index contributed by atoms with van der Waals surface area (Å²) in [7, 11) is 1.99. The minimum atomic E-state index is -4.47. The number of halogens is 4. The van der Waals surface area contributed by atoms with E-state index in [-0.39, 0.29) is 18.4 Å². The van der Waals surface area contributed by atoms with Crippen molar-refractivity contribution >= 4 is 34.0 Å². The van der Waals surface area contributed by atoms with E-state index >= 15 is 0 Å². The molecule has 1 aliphatic rings. The predicted octanol–water partition coefficient (Wildman–Crippen LogP) is 3.67. The summed E-state index contributed by atoms with van der Waals surface area (Å²) < 4.78 is 44.1. The van der Waals surface area contributed by atoms with Crippen LogP contribution in [0.2, 0.25) is 0 Å². The first-order valence-corrected chi connectivity index (χ1v) is 8.88. The van der Waals surface area contributed by atoms with Crippen LogP contribution < -0.4 is 5.32 Å². The van der Waals surface area contributed by atoms with Crippen LogP contribution in [0.5, 0.6) is 0 Å². The number of nitrogens with zero attached hydrogens (tertiary/aromatic N) is 4. The highest BCUT2D eigenvalue weighted by molar-refractivity contribution is 7.22. The second kappa shape index (κ2) is 7.34. The Bertz CT molecular complexity index is 957.